The molecule has 1 heterocycles. The van der Waals surface area contributed by atoms with E-state index in [1.807, 2.05) is 0 Å². The number of phenols is 1. The van der Waals surface area contributed by atoms with E-state index in [9.17, 15) is 37.9 Å². The first kappa shape index (κ1) is 30.5. The number of benzene rings is 3. The van der Waals surface area contributed by atoms with Crippen molar-refractivity contribution in [1.82, 2.24) is 15.0 Å². The molecule has 0 bridgehead atoms. The van der Waals surface area contributed by atoms with Gasteiger partial charge in [-0.05, 0) is 37.3 Å². The summed E-state index contributed by atoms with van der Waals surface area (Å²) < 4.78 is 44.1. The third kappa shape index (κ3) is 6.89. The molecule has 224 valence electrons. The average Bonchev–Trinajstić information content (AvgIpc) is 2.94. The number of nitrogens with one attached hydrogen (secondary N) is 2. The number of ether oxygens (including phenoxy) is 2. The molecule has 18 heteroatoms. The van der Waals surface area contributed by atoms with Gasteiger partial charge in [0.05, 0.1) is 24.8 Å². The number of aryl methyl sites for hydroxylation is 1. The van der Waals surface area contributed by atoms with E-state index in [1.54, 1.807) is 0 Å². The number of phenolic OH excluding ortho intramolecular Hbond substituents is 1. The van der Waals surface area contributed by atoms with Crippen LogP contribution in [0.25, 0.3) is 10.8 Å². The number of hydrogen-bond donors (Lipinski definition) is 6. The minimum absolute atomic E-state index is 0.0596. The van der Waals surface area contributed by atoms with Gasteiger partial charge in [-0.15, -0.1) is 10.2 Å². The van der Waals surface area contributed by atoms with Crippen molar-refractivity contribution < 1.29 is 47.4 Å². The number of aliphatic carboxylic acids is 1. The lowest BCUT2D eigenvalue weighted by molar-refractivity contribution is -0.138. The molecule has 0 aliphatic rings. The number of aliphatic hydroxyl groups is 1. The quantitative estimate of drug-likeness (QED) is 0.0762. The lowest BCUT2D eigenvalue weighted by Crippen LogP contribution is -2.33. The van der Waals surface area contributed by atoms with Crippen LogP contribution in [0.4, 0.5) is 29.0 Å². The molecule has 3 aromatic carbocycles. The number of carbonyl (C=O) groups excluding carboxylic acids is 1. The van der Waals surface area contributed by atoms with Crippen molar-refractivity contribution in [3.05, 3.63) is 48.3 Å². The summed E-state index contributed by atoms with van der Waals surface area (Å²) in [6, 6.07) is 7.75. The van der Waals surface area contributed by atoms with E-state index >= 15 is 0 Å². The topological polar surface area (TPSA) is 255 Å². The van der Waals surface area contributed by atoms with Gasteiger partial charge in [-0.25, -0.2) is 4.79 Å². The molecule has 1 unspecified atom stereocenters. The monoisotopic (exact) mass is 613 g/mol. The Bertz CT molecular complexity index is 1850. The van der Waals surface area contributed by atoms with Gasteiger partial charge in [0, 0.05) is 11.5 Å². The van der Waals surface area contributed by atoms with Gasteiger partial charge < -0.3 is 35.4 Å². The van der Waals surface area contributed by atoms with Crippen LogP contribution in [0.2, 0.25) is 0 Å². The Labute approximate surface area is 242 Å². The van der Waals surface area contributed by atoms with Crippen molar-refractivity contribution in [3.8, 4) is 17.2 Å². The minimum Gasteiger partial charge on any atom is -0.505 e. The number of nitrogens with zero attached hydrogens (tertiary/aromatic N) is 5. The van der Waals surface area contributed by atoms with E-state index in [1.165, 1.54) is 50.4 Å². The second kappa shape index (κ2) is 12.6. The van der Waals surface area contributed by atoms with Crippen molar-refractivity contribution in [3.63, 3.8) is 0 Å². The molecule has 0 aliphatic heterocycles. The summed E-state index contributed by atoms with van der Waals surface area (Å²) in [5, 5.41) is 42.9. The molecule has 0 saturated carbocycles. The van der Waals surface area contributed by atoms with Crippen LogP contribution in [0.15, 0.2) is 57.6 Å². The molecule has 17 nitrogen and oxygen atoms in total. The van der Waals surface area contributed by atoms with Crippen LogP contribution in [0.5, 0.6) is 17.2 Å². The van der Waals surface area contributed by atoms with Crippen molar-refractivity contribution in [2.24, 2.45) is 10.2 Å². The molecule has 43 heavy (non-hydrogen) atoms. The number of methoxy groups -OCH3 is 1. The number of carboxylic acids is 1. The van der Waals surface area contributed by atoms with E-state index in [-0.39, 0.29) is 63.5 Å². The fourth-order valence-corrected chi connectivity index (χ4v) is 4.54. The van der Waals surface area contributed by atoms with Crippen molar-refractivity contribution >= 4 is 62.3 Å². The third-order valence-corrected chi connectivity index (χ3v) is 6.66. The lowest BCUT2D eigenvalue weighted by atomic mass is 10.1. The predicted octanol–water partition coefficient (Wildman–Crippen LogP) is 2.85. The summed E-state index contributed by atoms with van der Waals surface area (Å²) in [4.78, 5) is 33.7. The molecule has 0 radical (unpaired) electrons. The zero-order chi connectivity index (χ0) is 31.3. The van der Waals surface area contributed by atoms with Crippen LogP contribution in [0.3, 0.4) is 0 Å². The molecule has 0 saturated heterocycles. The summed E-state index contributed by atoms with van der Waals surface area (Å²) in [6.07, 6.45) is 0. The molecule has 4 rings (SSSR count). The molecule has 4 aromatic rings. The molecule has 6 N–H and O–H groups in total. The van der Waals surface area contributed by atoms with Crippen molar-refractivity contribution in [1.29, 1.82) is 0 Å². The second-order valence-corrected chi connectivity index (χ2v) is 9.95. The summed E-state index contributed by atoms with van der Waals surface area (Å²) in [5.41, 5.74) is 0.0623. The maximum absolute atomic E-state index is 12.1. The number of aromatic nitrogens is 3. The predicted molar refractivity (Wildman–Crippen MR) is 149 cm³/mol. The van der Waals surface area contributed by atoms with Crippen LogP contribution in [-0.4, -0.2) is 75.4 Å². The molecule has 0 aliphatic carbocycles. The molecule has 0 spiro atoms. The Morgan fingerprint density at radius 3 is 2.44 bits per heavy atom. The average molecular weight is 614 g/mol. The van der Waals surface area contributed by atoms with E-state index in [0.29, 0.717) is 0 Å². The zero-order valence-electron chi connectivity index (χ0n) is 22.3. The van der Waals surface area contributed by atoms with Crippen LogP contribution in [-0.2, 0) is 19.7 Å². The third-order valence-electron chi connectivity index (χ3n) is 5.75. The lowest BCUT2D eigenvalue weighted by Gasteiger charge is -2.15. The normalized spacial score (nSPS) is 12.2. The highest BCUT2D eigenvalue weighted by atomic mass is 32.2. The molecular formula is C25H23N7O10S. The van der Waals surface area contributed by atoms with E-state index in [2.05, 4.69) is 35.8 Å². The molecular weight excluding hydrogens is 590 g/mol. The van der Waals surface area contributed by atoms with Gasteiger partial charge in [-0.2, -0.15) is 23.4 Å². The summed E-state index contributed by atoms with van der Waals surface area (Å²) >= 11 is 0. The van der Waals surface area contributed by atoms with Crippen LogP contribution in [0, 0.1) is 6.92 Å². The Kier molecular flexibility index (Phi) is 8.93. The maximum atomic E-state index is 12.1. The largest absolute Gasteiger partial charge is 0.505 e. The highest BCUT2D eigenvalue weighted by Crippen LogP contribution is 2.43. The highest BCUT2D eigenvalue weighted by molar-refractivity contribution is 7.86. The van der Waals surface area contributed by atoms with Gasteiger partial charge in [0.2, 0.25) is 11.9 Å². The fourth-order valence-electron chi connectivity index (χ4n) is 3.85. The highest BCUT2D eigenvalue weighted by Gasteiger charge is 2.22. The first-order valence-corrected chi connectivity index (χ1v) is 13.4. The Balaban J connectivity index is 1.83. The number of aromatic hydroxyl groups is 1. The molecule has 0 fully saturated rings. The second-order valence-electron chi connectivity index (χ2n) is 8.56. The number of carboxylic acid groups (broad SMARTS) is 1. The standard InChI is InChI=1S/C25H23N7O10S/c1-12-26-24(30-25(27-12)29-18(10-33)23(36)37)28-15-6-8-20(43(38,39)40)14-4-5-16(22(35)21(14)15)31-32-17-9-13(42-11-34)3-7-19(17)41-2/h3-9,11,18,33,35H,10H2,1-2H3,(H,36,37)(H,38,39,40)(H2,26,27,28,29,30). The van der Waals surface area contributed by atoms with Crippen molar-refractivity contribution in [2.75, 3.05) is 24.4 Å². The van der Waals surface area contributed by atoms with Gasteiger partial charge in [0.25, 0.3) is 16.6 Å². The Morgan fingerprint density at radius 2 is 1.79 bits per heavy atom. The number of fused-ring (bicyclic) bond motifs is 1. The number of aliphatic hydroxyl groups excluding tert-OH is 1. The van der Waals surface area contributed by atoms with Crippen LogP contribution >= 0.6 is 0 Å². The summed E-state index contributed by atoms with van der Waals surface area (Å²) in [7, 11) is -3.36. The first-order valence-electron chi connectivity index (χ1n) is 12.0. The number of carbonyl (C=O) groups is 2. The summed E-state index contributed by atoms with van der Waals surface area (Å²) in [5.74, 6) is -1.68. The zero-order valence-corrected chi connectivity index (χ0v) is 23.1. The van der Waals surface area contributed by atoms with Gasteiger partial charge in [0.15, 0.2) is 11.8 Å². The molecule has 0 amide bonds. The Hall–Kier alpha value is -5.46. The number of hydrogen-bond acceptors (Lipinski definition) is 15. The minimum atomic E-state index is -4.74. The molecule has 1 aromatic heterocycles. The van der Waals surface area contributed by atoms with E-state index in [0.717, 1.165) is 6.07 Å². The van der Waals surface area contributed by atoms with E-state index < -0.39 is 39.4 Å². The van der Waals surface area contributed by atoms with E-state index in [4.69, 9.17) is 9.47 Å². The maximum Gasteiger partial charge on any atom is 0.328 e. The Morgan fingerprint density at radius 1 is 1.07 bits per heavy atom. The number of anilines is 3. The SMILES string of the molecule is COc1ccc(OC=O)cc1N=Nc1ccc2c(S(=O)(=O)O)ccc(Nc3nc(C)nc(NC(CO)C(=O)O)n3)c2c1O. The van der Waals surface area contributed by atoms with Gasteiger partial charge in [-0.3, -0.25) is 9.35 Å². The van der Waals surface area contributed by atoms with Crippen molar-refractivity contribution in [2.45, 2.75) is 17.9 Å². The molecule has 1 atom stereocenters. The van der Waals surface area contributed by atoms with Gasteiger partial charge in [-0.1, -0.05) is 6.07 Å². The van der Waals surface area contributed by atoms with Crippen LogP contribution in [0.1, 0.15) is 5.82 Å². The number of rotatable bonds is 12. The van der Waals surface area contributed by atoms with Gasteiger partial charge >= 0.3 is 5.97 Å². The fraction of sp³-hybridized carbons (Fsp3) is 0.160. The van der Waals surface area contributed by atoms with Crippen LogP contribution < -0.4 is 20.1 Å². The smallest absolute Gasteiger partial charge is 0.328 e. The number of azo groups is 1. The van der Waals surface area contributed by atoms with Gasteiger partial charge in [0.1, 0.15) is 33.6 Å². The summed E-state index contributed by atoms with van der Waals surface area (Å²) in [6.45, 7) is 0.963. The first-order chi connectivity index (χ1) is 20.4.